The Bertz CT molecular complexity index is 463. The van der Waals surface area contributed by atoms with Gasteiger partial charge in [0.1, 0.15) is 5.56 Å². The highest BCUT2D eigenvalue weighted by atomic mass is 16.6. The second kappa shape index (κ2) is 4.94. The molecule has 0 radical (unpaired) electrons. The van der Waals surface area contributed by atoms with Crippen LogP contribution in [0.2, 0.25) is 0 Å². The molecule has 1 aromatic rings. The van der Waals surface area contributed by atoms with Gasteiger partial charge in [-0.25, -0.2) is 0 Å². The highest BCUT2D eigenvalue weighted by Crippen LogP contribution is 2.32. The maximum atomic E-state index is 10.5. The topological polar surface area (TPSA) is 161 Å². The molecule has 0 unspecified atom stereocenters. The highest BCUT2D eigenvalue weighted by Gasteiger charge is 2.27. The van der Waals surface area contributed by atoms with Gasteiger partial charge in [-0.05, 0) is 6.92 Å². The third-order valence-electron chi connectivity index (χ3n) is 1.94. The van der Waals surface area contributed by atoms with Crippen LogP contribution in [0.5, 0.6) is 0 Å². The summed E-state index contributed by atoms with van der Waals surface area (Å²) in [5.41, 5.74) is -2.16. The summed E-state index contributed by atoms with van der Waals surface area (Å²) in [6, 6.07) is 1.39. The minimum atomic E-state index is -0.917. The van der Waals surface area contributed by atoms with Crippen molar-refractivity contribution in [3.63, 3.8) is 0 Å². The molecular formula is C7H7N3O7. The van der Waals surface area contributed by atoms with Gasteiger partial charge in [0.2, 0.25) is 0 Å². The monoisotopic (exact) mass is 245 g/mol. The summed E-state index contributed by atoms with van der Waals surface area (Å²) >= 11 is 0. The van der Waals surface area contributed by atoms with Gasteiger partial charge in [0.15, 0.2) is 0 Å². The molecule has 0 heterocycles. The summed E-state index contributed by atoms with van der Waals surface area (Å²) in [5, 5.41) is 31.5. The van der Waals surface area contributed by atoms with Crippen LogP contribution in [-0.4, -0.2) is 20.2 Å². The molecule has 17 heavy (non-hydrogen) atoms. The van der Waals surface area contributed by atoms with E-state index in [-0.39, 0.29) is 11.0 Å². The van der Waals surface area contributed by atoms with Crippen molar-refractivity contribution in [1.82, 2.24) is 0 Å². The quantitative estimate of drug-likeness (QED) is 0.567. The first-order valence-electron chi connectivity index (χ1n) is 3.92. The molecule has 10 nitrogen and oxygen atoms in total. The lowest BCUT2D eigenvalue weighted by Crippen LogP contribution is -2.00. The summed E-state index contributed by atoms with van der Waals surface area (Å²) < 4.78 is 0. The van der Waals surface area contributed by atoms with Gasteiger partial charge in [-0.3, -0.25) is 30.3 Å². The number of nitro groups is 3. The summed E-state index contributed by atoms with van der Waals surface area (Å²) in [4.78, 5) is 28.8. The van der Waals surface area contributed by atoms with E-state index in [2.05, 4.69) is 0 Å². The molecule has 1 aromatic carbocycles. The van der Waals surface area contributed by atoms with Crippen LogP contribution < -0.4 is 0 Å². The summed E-state index contributed by atoms with van der Waals surface area (Å²) in [7, 11) is 0. The fourth-order valence-corrected chi connectivity index (χ4v) is 1.15. The molecule has 0 saturated heterocycles. The zero-order chi connectivity index (χ0) is 12.5. The number of hydrogen-bond donors (Lipinski definition) is 0. The van der Waals surface area contributed by atoms with Gasteiger partial charge in [0.25, 0.3) is 17.1 Å². The first-order chi connectivity index (χ1) is 7.34. The first kappa shape index (κ1) is 14.4. The van der Waals surface area contributed by atoms with E-state index in [1.807, 2.05) is 0 Å². The molecule has 2 N–H and O–H groups in total. The molecule has 0 aliphatic rings. The Kier molecular flexibility index (Phi) is 4.18. The lowest BCUT2D eigenvalue weighted by Gasteiger charge is -1.99. The third kappa shape index (κ3) is 2.69. The van der Waals surface area contributed by atoms with Crippen LogP contribution in [-0.2, 0) is 0 Å². The molecule has 0 aliphatic carbocycles. The van der Waals surface area contributed by atoms with E-state index in [1.165, 1.54) is 6.92 Å². The van der Waals surface area contributed by atoms with E-state index in [9.17, 15) is 30.3 Å². The van der Waals surface area contributed by atoms with Gasteiger partial charge < -0.3 is 5.48 Å². The molecule has 0 atom stereocenters. The lowest BCUT2D eigenvalue weighted by atomic mass is 10.1. The van der Waals surface area contributed by atoms with Crippen molar-refractivity contribution in [2.45, 2.75) is 6.92 Å². The molecular weight excluding hydrogens is 238 g/mol. The minimum absolute atomic E-state index is 0. The zero-order valence-corrected chi connectivity index (χ0v) is 8.45. The highest BCUT2D eigenvalue weighted by molar-refractivity contribution is 5.59. The molecule has 0 bridgehead atoms. The Hall–Kier alpha value is -2.62. The Balaban J connectivity index is 0.00000256. The fourth-order valence-electron chi connectivity index (χ4n) is 1.15. The van der Waals surface area contributed by atoms with Crippen molar-refractivity contribution in [1.29, 1.82) is 0 Å². The predicted molar refractivity (Wildman–Crippen MR) is 54.8 cm³/mol. The normalized spacial score (nSPS) is 9.24. The van der Waals surface area contributed by atoms with Crippen molar-refractivity contribution in [3.05, 3.63) is 48.0 Å². The molecule has 92 valence electrons. The zero-order valence-electron chi connectivity index (χ0n) is 8.45. The van der Waals surface area contributed by atoms with Crippen LogP contribution in [0.3, 0.4) is 0 Å². The second-order valence-corrected chi connectivity index (χ2v) is 2.88. The van der Waals surface area contributed by atoms with Gasteiger partial charge in [0.05, 0.1) is 26.9 Å². The van der Waals surface area contributed by atoms with E-state index in [0.717, 1.165) is 0 Å². The van der Waals surface area contributed by atoms with Crippen molar-refractivity contribution in [2.24, 2.45) is 0 Å². The first-order valence-corrected chi connectivity index (χ1v) is 3.92. The van der Waals surface area contributed by atoms with E-state index in [0.29, 0.717) is 12.1 Å². The van der Waals surface area contributed by atoms with Crippen molar-refractivity contribution in [3.8, 4) is 0 Å². The molecule has 0 fully saturated rings. The molecule has 0 saturated carbocycles. The average molecular weight is 245 g/mol. The molecule has 0 aromatic heterocycles. The third-order valence-corrected chi connectivity index (χ3v) is 1.94. The Labute approximate surface area is 93.2 Å². The van der Waals surface area contributed by atoms with Crippen LogP contribution in [0.15, 0.2) is 12.1 Å². The van der Waals surface area contributed by atoms with Crippen molar-refractivity contribution in [2.75, 3.05) is 0 Å². The Morgan fingerprint density at radius 1 is 0.882 bits per heavy atom. The SMILES string of the molecule is Cc1c([N+](=O)[O-])cc([N+](=O)[O-])cc1[N+](=O)[O-].O. The molecule has 10 heteroatoms. The summed E-state index contributed by atoms with van der Waals surface area (Å²) in [5.74, 6) is 0. The second-order valence-electron chi connectivity index (χ2n) is 2.88. The summed E-state index contributed by atoms with van der Waals surface area (Å²) in [6.45, 7) is 1.17. The number of non-ortho nitro benzene ring substituents is 1. The van der Waals surface area contributed by atoms with E-state index >= 15 is 0 Å². The van der Waals surface area contributed by atoms with Crippen molar-refractivity contribution < 1.29 is 20.2 Å². The van der Waals surface area contributed by atoms with E-state index in [1.54, 1.807) is 0 Å². The number of nitrogens with zero attached hydrogens (tertiary/aromatic N) is 3. The van der Waals surface area contributed by atoms with Gasteiger partial charge in [-0.2, -0.15) is 0 Å². The number of hydrogen-bond acceptors (Lipinski definition) is 6. The molecule has 0 amide bonds. The standard InChI is InChI=1S/C7H5N3O6.H2O/c1-4-6(9(13)14)2-5(8(11)12)3-7(4)10(15)16;/h2-3H,1H3;1H2. The van der Waals surface area contributed by atoms with Gasteiger partial charge >= 0.3 is 0 Å². The fraction of sp³-hybridized carbons (Fsp3) is 0.143. The predicted octanol–water partition coefficient (Wildman–Crippen LogP) is 0.895. The smallest absolute Gasteiger partial charge is 0.286 e. The van der Waals surface area contributed by atoms with Crippen LogP contribution in [0.25, 0.3) is 0 Å². The Morgan fingerprint density at radius 2 is 1.24 bits per heavy atom. The van der Waals surface area contributed by atoms with Crippen LogP contribution in [0.1, 0.15) is 5.56 Å². The van der Waals surface area contributed by atoms with E-state index in [4.69, 9.17) is 0 Å². The van der Waals surface area contributed by atoms with Crippen LogP contribution in [0.4, 0.5) is 17.1 Å². The largest absolute Gasteiger partial charge is 0.412 e. The van der Waals surface area contributed by atoms with Crippen LogP contribution >= 0.6 is 0 Å². The molecule has 1 rings (SSSR count). The molecule has 0 aliphatic heterocycles. The van der Waals surface area contributed by atoms with E-state index < -0.39 is 31.8 Å². The van der Waals surface area contributed by atoms with Gasteiger partial charge in [0, 0.05) is 0 Å². The minimum Gasteiger partial charge on any atom is -0.412 e. The number of rotatable bonds is 3. The summed E-state index contributed by atoms with van der Waals surface area (Å²) in [6.07, 6.45) is 0. The molecule has 0 spiro atoms. The Morgan fingerprint density at radius 3 is 1.47 bits per heavy atom. The maximum absolute atomic E-state index is 10.5. The number of nitro benzene ring substituents is 3. The van der Waals surface area contributed by atoms with Crippen molar-refractivity contribution >= 4 is 17.1 Å². The average Bonchev–Trinajstić information content (AvgIpc) is 2.16. The van der Waals surface area contributed by atoms with Crippen LogP contribution in [0, 0.1) is 37.3 Å². The van der Waals surface area contributed by atoms with Gasteiger partial charge in [-0.1, -0.05) is 0 Å². The van der Waals surface area contributed by atoms with Gasteiger partial charge in [-0.15, -0.1) is 0 Å². The lowest BCUT2D eigenvalue weighted by molar-refractivity contribution is -0.403. The maximum Gasteiger partial charge on any atom is 0.286 e. The number of benzene rings is 1.